The van der Waals surface area contributed by atoms with Crippen molar-refractivity contribution in [3.05, 3.63) is 36.4 Å². The number of nitrogen functional groups attached to an aromatic ring is 1. The Morgan fingerprint density at radius 2 is 1.83 bits per heavy atom. The van der Waals surface area contributed by atoms with E-state index in [0.717, 1.165) is 0 Å². The fraction of sp³-hybridized carbons (Fsp3) is 0.133. The second kappa shape index (κ2) is 7.68. The van der Waals surface area contributed by atoms with Crippen LogP contribution in [0.15, 0.2) is 46.6 Å². The van der Waals surface area contributed by atoms with E-state index in [0.29, 0.717) is 17.2 Å². The van der Waals surface area contributed by atoms with Gasteiger partial charge in [0, 0.05) is 6.92 Å². The van der Waals surface area contributed by atoms with Crippen LogP contribution in [0.25, 0.3) is 0 Å². The summed E-state index contributed by atoms with van der Waals surface area (Å²) in [6.07, 6.45) is -0.863. The van der Waals surface area contributed by atoms with Gasteiger partial charge in [-0.25, -0.2) is 9.78 Å². The first-order valence-corrected chi connectivity index (χ1v) is 6.80. The van der Waals surface area contributed by atoms with E-state index in [1.165, 1.54) is 14.0 Å². The molecule has 124 valence electrons. The molecule has 2 aromatic rings. The summed E-state index contributed by atoms with van der Waals surface area (Å²) in [5, 5.41) is 10.5. The van der Waals surface area contributed by atoms with Crippen molar-refractivity contribution in [2.24, 2.45) is 10.2 Å². The highest BCUT2D eigenvalue weighted by Crippen LogP contribution is 2.30. The molecular weight excluding hydrogens is 314 g/mol. The SMILES string of the molecule is COC(=O)Oc1ccccc1N=Nc1ccc(NC(C)=O)nc1N. The van der Waals surface area contributed by atoms with Gasteiger partial charge in [0.1, 0.15) is 17.2 Å². The van der Waals surface area contributed by atoms with Crippen LogP contribution >= 0.6 is 0 Å². The van der Waals surface area contributed by atoms with Crippen molar-refractivity contribution in [3.63, 3.8) is 0 Å². The molecule has 1 aromatic carbocycles. The predicted octanol–water partition coefficient (Wildman–Crippen LogP) is 3.18. The molecule has 3 N–H and O–H groups in total. The second-order valence-corrected chi connectivity index (χ2v) is 4.51. The second-order valence-electron chi connectivity index (χ2n) is 4.51. The van der Waals surface area contributed by atoms with Gasteiger partial charge in [0.15, 0.2) is 11.6 Å². The van der Waals surface area contributed by atoms with Crippen LogP contribution in [-0.2, 0) is 9.53 Å². The summed E-state index contributed by atoms with van der Waals surface area (Å²) in [4.78, 5) is 26.2. The van der Waals surface area contributed by atoms with E-state index < -0.39 is 6.16 Å². The van der Waals surface area contributed by atoms with Gasteiger partial charge in [-0.05, 0) is 24.3 Å². The van der Waals surface area contributed by atoms with Gasteiger partial charge in [-0.2, -0.15) is 0 Å². The summed E-state index contributed by atoms with van der Waals surface area (Å²) >= 11 is 0. The Balaban J connectivity index is 2.22. The highest BCUT2D eigenvalue weighted by molar-refractivity contribution is 5.88. The molecule has 1 heterocycles. The van der Waals surface area contributed by atoms with Crippen LogP contribution in [0.5, 0.6) is 5.75 Å². The van der Waals surface area contributed by atoms with Crippen molar-refractivity contribution in [1.82, 2.24) is 4.98 Å². The third-order valence-corrected chi connectivity index (χ3v) is 2.70. The number of nitrogens with one attached hydrogen (secondary N) is 1. The molecule has 0 spiro atoms. The number of hydrogen-bond acceptors (Lipinski definition) is 8. The summed E-state index contributed by atoms with van der Waals surface area (Å²) < 4.78 is 9.40. The highest BCUT2D eigenvalue weighted by Gasteiger charge is 2.09. The van der Waals surface area contributed by atoms with Gasteiger partial charge in [-0.3, -0.25) is 4.79 Å². The Bertz CT molecular complexity index is 791. The number of rotatable bonds is 4. The van der Waals surface area contributed by atoms with E-state index in [9.17, 15) is 9.59 Å². The standard InChI is InChI=1S/C15H15N5O4/c1-9(21)17-13-8-7-11(14(16)18-13)20-19-10-5-3-4-6-12(10)24-15(22)23-2/h3-8H,1-2H3,(H3,16,17,18,21). The molecule has 0 fully saturated rings. The minimum Gasteiger partial charge on any atom is -0.437 e. The van der Waals surface area contributed by atoms with Crippen molar-refractivity contribution >= 4 is 35.1 Å². The number of nitrogens with zero attached hydrogens (tertiary/aromatic N) is 3. The Morgan fingerprint density at radius 1 is 1.12 bits per heavy atom. The number of ether oxygens (including phenoxy) is 2. The van der Waals surface area contributed by atoms with E-state index in [4.69, 9.17) is 10.5 Å². The number of carbonyl (C=O) groups excluding carboxylic acids is 2. The Hall–Kier alpha value is -3.49. The molecule has 0 unspecified atom stereocenters. The first-order chi connectivity index (χ1) is 11.5. The van der Waals surface area contributed by atoms with Gasteiger partial charge >= 0.3 is 6.16 Å². The molecule has 0 aliphatic carbocycles. The minimum absolute atomic E-state index is 0.0939. The predicted molar refractivity (Wildman–Crippen MR) is 86.6 cm³/mol. The maximum absolute atomic E-state index is 11.2. The van der Waals surface area contributed by atoms with Gasteiger partial charge < -0.3 is 20.5 Å². The van der Waals surface area contributed by atoms with Crippen molar-refractivity contribution in [1.29, 1.82) is 0 Å². The number of aromatic nitrogens is 1. The molecule has 0 aliphatic heterocycles. The molecule has 0 saturated heterocycles. The normalized spacial score (nSPS) is 10.4. The summed E-state index contributed by atoms with van der Waals surface area (Å²) in [5.74, 6) is 0.337. The van der Waals surface area contributed by atoms with Crippen LogP contribution < -0.4 is 15.8 Å². The Morgan fingerprint density at radius 3 is 2.50 bits per heavy atom. The fourth-order valence-corrected chi connectivity index (χ4v) is 1.67. The van der Waals surface area contributed by atoms with Crippen molar-refractivity contribution in [2.75, 3.05) is 18.2 Å². The first-order valence-electron chi connectivity index (χ1n) is 6.80. The lowest BCUT2D eigenvalue weighted by Gasteiger charge is -2.05. The van der Waals surface area contributed by atoms with E-state index in [-0.39, 0.29) is 17.5 Å². The highest BCUT2D eigenvalue weighted by atomic mass is 16.7. The smallest absolute Gasteiger partial charge is 0.437 e. The fourth-order valence-electron chi connectivity index (χ4n) is 1.67. The number of benzene rings is 1. The molecule has 2 rings (SSSR count). The molecule has 0 bridgehead atoms. The summed E-state index contributed by atoms with van der Waals surface area (Å²) in [5.41, 5.74) is 6.40. The largest absolute Gasteiger partial charge is 0.513 e. The van der Waals surface area contributed by atoms with Crippen LogP contribution in [0.2, 0.25) is 0 Å². The Labute approximate surface area is 137 Å². The lowest BCUT2D eigenvalue weighted by molar-refractivity contribution is -0.114. The lowest BCUT2D eigenvalue weighted by Crippen LogP contribution is -2.08. The molecule has 1 aromatic heterocycles. The number of pyridine rings is 1. The van der Waals surface area contributed by atoms with Crippen molar-refractivity contribution in [2.45, 2.75) is 6.92 Å². The molecule has 24 heavy (non-hydrogen) atoms. The van der Waals surface area contributed by atoms with Crippen LogP contribution in [0.3, 0.4) is 0 Å². The summed E-state index contributed by atoms with van der Waals surface area (Å²) in [7, 11) is 1.20. The molecule has 0 atom stereocenters. The van der Waals surface area contributed by atoms with Gasteiger partial charge in [-0.15, -0.1) is 10.2 Å². The number of anilines is 2. The topological polar surface area (TPSA) is 128 Å². The number of nitrogens with two attached hydrogens (primary N) is 1. The average molecular weight is 329 g/mol. The lowest BCUT2D eigenvalue weighted by atomic mass is 10.3. The van der Waals surface area contributed by atoms with Crippen molar-refractivity contribution < 1.29 is 19.1 Å². The van der Waals surface area contributed by atoms with Crippen LogP contribution in [0.1, 0.15) is 6.92 Å². The van der Waals surface area contributed by atoms with Gasteiger partial charge in [-0.1, -0.05) is 12.1 Å². The molecule has 0 saturated carbocycles. The quantitative estimate of drug-likeness (QED) is 0.503. The number of methoxy groups -OCH3 is 1. The number of amides is 1. The zero-order valence-corrected chi connectivity index (χ0v) is 13.0. The number of carbonyl (C=O) groups is 2. The molecule has 1 amide bonds. The minimum atomic E-state index is -0.863. The van der Waals surface area contributed by atoms with Crippen LogP contribution in [-0.4, -0.2) is 24.2 Å². The maximum Gasteiger partial charge on any atom is 0.513 e. The van der Waals surface area contributed by atoms with E-state index in [1.807, 2.05) is 0 Å². The number of para-hydroxylation sites is 1. The van der Waals surface area contributed by atoms with E-state index >= 15 is 0 Å². The van der Waals surface area contributed by atoms with Gasteiger partial charge in [0.05, 0.1) is 7.11 Å². The molecule has 0 aliphatic rings. The van der Waals surface area contributed by atoms with Crippen LogP contribution in [0.4, 0.5) is 27.8 Å². The zero-order valence-electron chi connectivity index (χ0n) is 13.0. The van der Waals surface area contributed by atoms with E-state index in [1.54, 1.807) is 36.4 Å². The third kappa shape index (κ3) is 4.50. The van der Waals surface area contributed by atoms with Crippen LogP contribution in [0, 0.1) is 0 Å². The van der Waals surface area contributed by atoms with Gasteiger partial charge in [0.25, 0.3) is 0 Å². The average Bonchev–Trinajstić information content (AvgIpc) is 2.54. The molecule has 9 heteroatoms. The first kappa shape index (κ1) is 16.9. The number of azo groups is 1. The molecule has 0 radical (unpaired) electrons. The molecular formula is C15H15N5O4. The molecule has 9 nitrogen and oxygen atoms in total. The zero-order chi connectivity index (χ0) is 17.5. The Kier molecular flexibility index (Phi) is 5.40. The summed E-state index contributed by atoms with van der Waals surface area (Å²) in [6, 6.07) is 9.64. The summed E-state index contributed by atoms with van der Waals surface area (Å²) in [6.45, 7) is 1.36. The third-order valence-electron chi connectivity index (χ3n) is 2.70. The van der Waals surface area contributed by atoms with Gasteiger partial charge in [0.2, 0.25) is 5.91 Å². The maximum atomic E-state index is 11.2. The van der Waals surface area contributed by atoms with E-state index in [2.05, 4.69) is 25.3 Å². The number of hydrogen-bond donors (Lipinski definition) is 2. The van der Waals surface area contributed by atoms with Crippen molar-refractivity contribution in [3.8, 4) is 5.75 Å². The monoisotopic (exact) mass is 329 g/mol.